The molecule has 1 heterocycles. The Hall–Kier alpha value is -3.05. The molecule has 1 aliphatic heterocycles. The number of benzene rings is 3. The molecule has 0 aliphatic carbocycles. The number of amides is 1. The molecule has 1 fully saturated rings. The van der Waals surface area contributed by atoms with Gasteiger partial charge in [-0.15, -0.1) is 0 Å². The molecule has 1 aliphatic rings. The van der Waals surface area contributed by atoms with Gasteiger partial charge in [0.15, 0.2) is 6.10 Å². The highest BCUT2D eigenvalue weighted by Crippen LogP contribution is 2.26. The summed E-state index contributed by atoms with van der Waals surface area (Å²) in [5.41, 5.74) is 2.33. The molecule has 1 atom stereocenters. The van der Waals surface area contributed by atoms with Gasteiger partial charge < -0.3 is 19.9 Å². The maximum Gasteiger partial charge on any atom is 0.261 e. The predicted octanol–water partition coefficient (Wildman–Crippen LogP) is 4.07. The molecule has 0 saturated carbocycles. The summed E-state index contributed by atoms with van der Waals surface area (Å²) in [4.78, 5) is 17.5. The number of anilines is 1. The van der Waals surface area contributed by atoms with Crippen molar-refractivity contribution in [3.05, 3.63) is 72.3 Å². The largest absolute Gasteiger partial charge is 0.480 e. The molecule has 162 valence electrons. The Morgan fingerprint density at radius 3 is 2.42 bits per heavy atom. The van der Waals surface area contributed by atoms with Gasteiger partial charge in [0.05, 0.1) is 0 Å². The summed E-state index contributed by atoms with van der Waals surface area (Å²) in [6.45, 7) is 6.75. The van der Waals surface area contributed by atoms with Gasteiger partial charge in [-0.05, 0) is 42.6 Å². The normalized spacial score (nSPS) is 15.6. The van der Waals surface area contributed by atoms with Crippen LogP contribution < -0.4 is 15.0 Å². The van der Waals surface area contributed by atoms with Crippen molar-refractivity contribution in [2.45, 2.75) is 26.0 Å². The molecule has 5 nitrogen and oxygen atoms in total. The number of hydrogen-bond acceptors (Lipinski definition) is 4. The summed E-state index contributed by atoms with van der Waals surface area (Å²) in [5, 5.41) is 5.17. The monoisotopic (exact) mass is 417 g/mol. The lowest BCUT2D eigenvalue weighted by Gasteiger charge is -2.34. The first-order valence-electron chi connectivity index (χ1n) is 11.1. The van der Waals surface area contributed by atoms with E-state index in [1.165, 1.54) is 5.69 Å². The summed E-state index contributed by atoms with van der Waals surface area (Å²) in [6, 6.07) is 22.5. The zero-order valence-corrected chi connectivity index (χ0v) is 18.4. The van der Waals surface area contributed by atoms with Gasteiger partial charge in [-0.3, -0.25) is 4.79 Å². The number of carbonyl (C=O) groups is 1. The van der Waals surface area contributed by atoms with E-state index < -0.39 is 6.10 Å². The van der Waals surface area contributed by atoms with Gasteiger partial charge in [-0.25, -0.2) is 0 Å². The molecule has 3 aromatic rings. The van der Waals surface area contributed by atoms with E-state index in [0.717, 1.165) is 48.3 Å². The first-order valence-corrected chi connectivity index (χ1v) is 11.1. The number of ether oxygens (including phenoxy) is 1. The Labute approximate surface area is 184 Å². The lowest BCUT2D eigenvalue weighted by Crippen LogP contribution is -2.44. The van der Waals surface area contributed by atoms with E-state index in [1.54, 1.807) is 0 Å². The molecule has 3 aromatic carbocycles. The van der Waals surface area contributed by atoms with Gasteiger partial charge in [-0.1, -0.05) is 55.5 Å². The van der Waals surface area contributed by atoms with E-state index in [4.69, 9.17) is 4.74 Å². The third-order valence-corrected chi connectivity index (χ3v) is 5.95. The van der Waals surface area contributed by atoms with Gasteiger partial charge in [0.2, 0.25) is 0 Å². The number of nitrogens with zero attached hydrogens (tertiary/aromatic N) is 2. The zero-order valence-electron chi connectivity index (χ0n) is 18.4. The molecule has 0 unspecified atom stereocenters. The molecule has 1 N–H and O–H groups in total. The Balaban J connectivity index is 1.35. The lowest BCUT2D eigenvalue weighted by molar-refractivity contribution is -0.128. The van der Waals surface area contributed by atoms with Crippen molar-refractivity contribution < 1.29 is 9.53 Å². The molecular formula is C26H31N3O2. The Kier molecular flexibility index (Phi) is 6.73. The van der Waals surface area contributed by atoms with E-state index in [-0.39, 0.29) is 5.91 Å². The van der Waals surface area contributed by atoms with E-state index in [9.17, 15) is 4.79 Å². The van der Waals surface area contributed by atoms with Crippen molar-refractivity contribution in [2.75, 3.05) is 38.1 Å². The smallest absolute Gasteiger partial charge is 0.261 e. The number of rotatable bonds is 7. The molecular weight excluding hydrogens is 386 g/mol. The summed E-state index contributed by atoms with van der Waals surface area (Å²) in [6.07, 6.45) is 0.0904. The van der Waals surface area contributed by atoms with Crippen LogP contribution in [0.2, 0.25) is 0 Å². The van der Waals surface area contributed by atoms with Crippen LogP contribution in [-0.2, 0) is 11.3 Å². The van der Waals surface area contributed by atoms with Crippen molar-refractivity contribution in [3.63, 3.8) is 0 Å². The van der Waals surface area contributed by atoms with E-state index in [1.807, 2.05) is 37.3 Å². The fourth-order valence-corrected chi connectivity index (χ4v) is 3.97. The van der Waals surface area contributed by atoms with Crippen LogP contribution in [0.4, 0.5) is 5.69 Å². The standard InChI is InChI=1S/C26H31N3O2/c1-3-24(31-25-10-6-8-21-7-4-5-9-23(21)25)26(30)27-19-20-11-13-22(14-12-20)29-17-15-28(2)16-18-29/h4-14,24H,3,15-19H2,1-2H3,(H,27,30)/t24-/m1/s1. The molecule has 0 bridgehead atoms. The minimum absolute atomic E-state index is 0.0846. The van der Waals surface area contributed by atoms with Crippen molar-refractivity contribution in [2.24, 2.45) is 0 Å². The molecule has 5 heteroatoms. The fraction of sp³-hybridized carbons (Fsp3) is 0.346. The first-order chi connectivity index (χ1) is 15.1. The third kappa shape index (κ3) is 5.17. The third-order valence-electron chi connectivity index (χ3n) is 5.95. The average Bonchev–Trinajstić information content (AvgIpc) is 2.82. The topological polar surface area (TPSA) is 44.8 Å². The highest BCUT2D eigenvalue weighted by molar-refractivity contribution is 5.89. The van der Waals surface area contributed by atoms with Crippen molar-refractivity contribution in [1.29, 1.82) is 0 Å². The number of carbonyl (C=O) groups excluding carboxylic acids is 1. The van der Waals surface area contributed by atoms with Crippen LogP contribution in [0.15, 0.2) is 66.7 Å². The Bertz CT molecular complexity index is 1010. The highest BCUT2D eigenvalue weighted by Gasteiger charge is 2.19. The van der Waals surface area contributed by atoms with Crippen LogP contribution in [0, 0.1) is 0 Å². The van der Waals surface area contributed by atoms with E-state index in [2.05, 4.69) is 58.6 Å². The van der Waals surface area contributed by atoms with Gasteiger partial charge in [0.25, 0.3) is 5.91 Å². The van der Waals surface area contributed by atoms with Crippen molar-refractivity contribution >= 4 is 22.4 Å². The van der Waals surface area contributed by atoms with Crippen LogP contribution in [0.25, 0.3) is 10.8 Å². The summed E-state index contributed by atoms with van der Waals surface area (Å²) >= 11 is 0. The molecule has 0 radical (unpaired) electrons. The van der Waals surface area contributed by atoms with Crippen LogP contribution in [0.5, 0.6) is 5.75 Å². The lowest BCUT2D eigenvalue weighted by atomic mass is 10.1. The number of hydrogen-bond donors (Lipinski definition) is 1. The Morgan fingerprint density at radius 2 is 1.68 bits per heavy atom. The van der Waals surface area contributed by atoms with E-state index in [0.29, 0.717) is 13.0 Å². The van der Waals surface area contributed by atoms with Gasteiger partial charge in [-0.2, -0.15) is 0 Å². The number of nitrogens with one attached hydrogen (secondary N) is 1. The van der Waals surface area contributed by atoms with Crippen LogP contribution >= 0.6 is 0 Å². The van der Waals surface area contributed by atoms with Gasteiger partial charge >= 0.3 is 0 Å². The predicted molar refractivity (Wildman–Crippen MR) is 127 cm³/mol. The second kappa shape index (κ2) is 9.84. The van der Waals surface area contributed by atoms with Crippen molar-refractivity contribution in [1.82, 2.24) is 10.2 Å². The highest BCUT2D eigenvalue weighted by atomic mass is 16.5. The molecule has 0 spiro atoms. The van der Waals surface area contributed by atoms with Crippen LogP contribution in [0.3, 0.4) is 0 Å². The van der Waals surface area contributed by atoms with E-state index >= 15 is 0 Å². The van der Waals surface area contributed by atoms with Gasteiger partial charge in [0.1, 0.15) is 5.75 Å². The van der Waals surface area contributed by atoms with Crippen molar-refractivity contribution in [3.8, 4) is 5.75 Å². The molecule has 4 rings (SSSR count). The number of likely N-dealkylation sites (N-methyl/N-ethyl adjacent to an activating group) is 1. The number of fused-ring (bicyclic) bond motifs is 1. The SMILES string of the molecule is CC[C@@H](Oc1cccc2ccccc12)C(=O)NCc1ccc(N2CCN(C)CC2)cc1. The zero-order chi connectivity index (χ0) is 21.6. The maximum absolute atomic E-state index is 12.8. The minimum atomic E-state index is -0.518. The fourth-order valence-electron chi connectivity index (χ4n) is 3.97. The molecule has 1 amide bonds. The second-order valence-electron chi connectivity index (χ2n) is 8.17. The Morgan fingerprint density at radius 1 is 0.968 bits per heavy atom. The van der Waals surface area contributed by atoms with Gasteiger partial charge in [0, 0.05) is 43.8 Å². The average molecular weight is 418 g/mol. The quantitative estimate of drug-likeness (QED) is 0.630. The molecule has 31 heavy (non-hydrogen) atoms. The molecule has 1 saturated heterocycles. The van der Waals surface area contributed by atoms with Crippen LogP contribution in [-0.4, -0.2) is 50.1 Å². The summed E-state index contributed by atoms with van der Waals surface area (Å²) in [5.74, 6) is 0.662. The minimum Gasteiger partial charge on any atom is -0.480 e. The molecule has 0 aromatic heterocycles. The maximum atomic E-state index is 12.8. The summed E-state index contributed by atoms with van der Waals surface area (Å²) < 4.78 is 6.11. The number of piperazine rings is 1. The van der Waals surface area contributed by atoms with Crippen LogP contribution in [0.1, 0.15) is 18.9 Å². The first kappa shape index (κ1) is 21.2. The summed E-state index contributed by atoms with van der Waals surface area (Å²) in [7, 11) is 2.16. The second-order valence-corrected chi connectivity index (χ2v) is 8.17.